The van der Waals surface area contributed by atoms with Gasteiger partial charge in [0.2, 0.25) is 0 Å². The fourth-order valence-corrected chi connectivity index (χ4v) is 3.99. The minimum absolute atomic E-state index is 0.237. The summed E-state index contributed by atoms with van der Waals surface area (Å²) in [6.45, 7) is 0.929. The van der Waals surface area contributed by atoms with Crippen molar-refractivity contribution in [2.24, 2.45) is 5.73 Å². The third kappa shape index (κ3) is 2.15. The van der Waals surface area contributed by atoms with Gasteiger partial charge in [0, 0.05) is 13.1 Å². The molecule has 2 heterocycles. The van der Waals surface area contributed by atoms with E-state index < -0.39 is 21.2 Å². The van der Waals surface area contributed by atoms with E-state index in [4.69, 9.17) is 10.5 Å². The fraction of sp³-hybridized carbons (Fsp3) is 0.889. The molecule has 16 heavy (non-hydrogen) atoms. The van der Waals surface area contributed by atoms with Crippen LogP contribution in [0.3, 0.4) is 0 Å². The first-order valence-corrected chi connectivity index (χ1v) is 7.11. The summed E-state index contributed by atoms with van der Waals surface area (Å²) in [4.78, 5) is 12.8. The first-order valence-electron chi connectivity index (χ1n) is 5.40. The Hall–Kier alpha value is -0.820. The Morgan fingerprint density at radius 1 is 1.50 bits per heavy atom. The summed E-state index contributed by atoms with van der Waals surface area (Å²) >= 11 is 0. The van der Waals surface area contributed by atoms with E-state index in [0.29, 0.717) is 19.4 Å². The predicted octanol–water partition coefficient (Wildman–Crippen LogP) is -0.657. The van der Waals surface area contributed by atoms with E-state index in [1.54, 1.807) is 0 Å². The first-order chi connectivity index (χ1) is 7.53. The summed E-state index contributed by atoms with van der Waals surface area (Å²) in [6.07, 6.45) is 0.587. The summed E-state index contributed by atoms with van der Waals surface area (Å²) in [6, 6.07) is 0. The number of carbonyl (C=O) groups is 1. The topological polar surface area (TPSA) is 89.7 Å². The van der Waals surface area contributed by atoms with Crippen molar-refractivity contribution < 1.29 is 17.9 Å². The minimum atomic E-state index is -3.00. The zero-order valence-corrected chi connectivity index (χ0v) is 9.78. The molecule has 0 aromatic carbocycles. The molecule has 92 valence electrons. The van der Waals surface area contributed by atoms with E-state index in [1.165, 1.54) is 4.90 Å². The minimum Gasteiger partial charge on any atom is -0.443 e. The third-order valence-electron chi connectivity index (χ3n) is 3.10. The van der Waals surface area contributed by atoms with Crippen molar-refractivity contribution in [1.82, 2.24) is 4.90 Å². The molecule has 0 aliphatic carbocycles. The molecule has 2 aliphatic rings. The number of ether oxygens (including phenoxy) is 1. The number of hydrogen-bond donors (Lipinski definition) is 1. The van der Waals surface area contributed by atoms with Gasteiger partial charge >= 0.3 is 6.09 Å². The number of cyclic esters (lactones) is 1. The van der Waals surface area contributed by atoms with E-state index in [2.05, 4.69) is 0 Å². The van der Waals surface area contributed by atoms with Crippen LogP contribution in [-0.2, 0) is 14.6 Å². The number of nitrogens with two attached hydrogens (primary N) is 1. The summed E-state index contributed by atoms with van der Waals surface area (Å²) in [5.74, 6) is 0.237. The molecule has 7 heteroatoms. The van der Waals surface area contributed by atoms with Crippen LogP contribution in [0.25, 0.3) is 0 Å². The number of carbonyl (C=O) groups excluding carboxylic acids is 1. The summed E-state index contributed by atoms with van der Waals surface area (Å²) < 4.78 is 28.2. The normalized spacial score (nSPS) is 33.1. The lowest BCUT2D eigenvalue weighted by Crippen LogP contribution is -2.36. The predicted molar refractivity (Wildman–Crippen MR) is 57.7 cm³/mol. The zero-order chi connectivity index (χ0) is 11.8. The highest BCUT2D eigenvalue weighted by atomic mass is 32.2. The Labute approximate surface area is 94.6 Å². The molecule has 0 aromatic rings. The lowest BCUT2D eigenvalue weighted by molar-refractivity contribution is 0.135. The molecule has 6 nitrogen and oxygen atoms in total. The van der Waals surface area contributed by atoms with Crippen LogP contribution in [0, 0.1) is 0 Å². The maximum Gasteiger partial charge on any atom is 0.410 e. The average molecular weight is 248 g/mol. The van der Waals surface area contributed by atoms with Crippen molar-refractivity contribution in [3.8, 4) is 0 Å². The van der Waals surface area contributed by atoms with Crippen LogP contribution in [0.15, 0.2) is 0 Å². The molecular weight excluding hydrogens is 232 g/mol. The molecule has 2 saturated heterocycles. The maximum absolute atomic E-state index is 11.6. The molecule has 0 radical (unpaired) electrons. The molecule has 2 N–H and O–H groups in total. The molecule has 2 rings (SSSR count). The van der Waals surface area contributed by atoms with Crippen molar-refractivity contribution in [2.75, 3.05) is 25.4 Å². The van der Waals surface area contributed by atoms with Gasteiger partial charge in [-0.1, -0.05) is 0 Å². The molecule has 2 fully saturated rings. The fourth-order valence-electron chi connectivity index (χ4n) is 2.16. The number of nitrogens with zero attached hydrogens (tertiary/aromatic N) is 1. The monoisotopic (exact) mass is 248 g/mol. The van der Waals surface area contributed by atoms with Crippen molar-refractivity contribution in [2.45, 2.75) is 24.2 Å². The molecule has 0 saturated carbocycles. The second kappa shape index (κ2) is 4.21. The Bertz CT molecular complexity index is 381. The van der Waals surface area contributed by atoms with Gasteiger partial charge in [0.15, 0.2) is 9.84 Å². The van der Waals surface area contributed by atoms with Gasteiger partial charge in [-0.3, -0.25) is 0 Å². The van der Waals surface area contributed by atoms with Crippen molar-refractivity contribution in [3.63, 3.8) is 0 Å². The van der Waals surface area contributed by atoms with Crippen LogP contribution in [-0.4, -0.2) is 56.2 Å². The number of hydrogen-bond acceptors (Lipinski definition) is 5. The quantitative estimate of drug-likeness (QED) is 0.716. The van der Waals surface area contributed by atoms with Gasteiger partial charge in [0.25, 0.3) is 0 Å². The standard InChI is InChI=1S/C9H16N2O4S/c10-4-7-5-11(9(12)15-7)6-8-2-1-3-16(8,13)14/h7-8H,1-6,10H2/t7-,8?/m0/s1. The molecule has 1 unspecified atom stereocenters. The van der Waals surface area contributed by atoms with Gasteiger partial charge in [-0.2, -0.15) is 0 Å². The molecule has 2 atom stereocenters. The maximum atomic E-state index is 11.6. The molecular formula is C9H16N2O4S. The number of amides is 1. The summed E-state index contributed by atoms with van der Waals surface area (Å²) in [5, 5.41) is -0.420. The highest BCUT2D eigenvalue weighted by Gasteiger charge is 2.37. The number of sulfone groups is 1. The van der Waals surface area contributed by atoms with Crippen LogP contribution in [0.5, 0.6) is 0 Å². The van der Waals surface area contributed by atoms with E-state index in [1.807, 2.05) is 0 Å². The summed E-state index contributed by atoms with van der Waals surface area (Å²) in [5.41, 5.74) is 5.40. The molecule has 0 aromatic heterocycles. The Kier molecular flexibility index (Phi) is 3.07. The molecule has 2 aliphatic heterocycles. The first kappa shape index (κ1) is 11.7. The van der Waals surface area contributed by atoms with Gasteiger partial charge in [0.05, 0.1) is 17.5 Å². The van der Waals surface area contributed by atoms with Gasteiger partial charge in [-0.15, -0.1) is 0 Å². The Morgan fingerprint density at radius 3 is 2.75 bits per heavy atom. The second-order valence-electron chi connectivity index (χ2n) is 4.28. The van der Waals surface area contributed by atoms with Gasteiger partial charge < -0.3 is 15.4 Å². The van der Waals surface area contributed by atoms with Crippen LogP contribution < -0.4 is 5.73 Å². The SMILES string of the molecule is NC[C@H]1CN(CC2CCCS2(=O)=O)C(=O)O1. The molecule has 0 spiro atoms. The second-order valence-corrected chi connectivity index (χ2v) is 6.68. The van der Waals surface area contributed by atoms with E-state index in [-0.39, 0.29) is 24.9 Å². The molecule has 0 bridgehead atoms. The van der Waals surface area contributed by atoms with E-state index in [0.717, 1.165) is 0 Å². The van der Waals surface area contributed by atoms with Gasteiger partial charge in [0.1, 0.15) is 6.10 Å². The lowest BCUT2D eigenvalue weighted by Gasteiger charge is -2.17. The van der Waals surface area contributed by atoms with Crippen LogP contribution >= 0.6 is 0 Å². The highest BCUT2D eigenvalue weighted by molar-refractivity contribution is 7.92. The lowest BCUT2D eigenvalue weighted by atomic mass is 10.2. The highest BCUT2D eigenvalue weighted by Crippen LogP contribution is 2.22. The van der Waals surface area contributed by atoms with Crippen molar-refractivity contribution in [3.05, 3.63) is 0 Å². The zero-order valence-electron chi connectivity index (χ0n) is 8.96. The van der Waals surface area contributed by atoms with Crippen LogP contribution in [0.1, 0.15) is 12.8 Å². The third-order valence-corrected chi connectivity index (χ3v) is 5.36. The van der Waals surface area contributed by atoms with E-state index >= 15 is 0 Å². The average Bonchev–Trinajstić information content (AvgIpc) is 2.72. The summed E-state index contributed by atoms with van der Waals surface area (Å²) in [7, 11) is -3.00. The van der Waals surface area contributed by atoms with E-state index in [9.17, 15) is 13.2 Å². The Balaban J connectivity index is 1.98. The largest absolute Gasteiger partial charge is 0.443 e. The van der Waals surface area contributed by atoms with Crippen LogP contribution in [0.2, 0.25) is 0 Å². The Morgan fingerprint density at radius 2 is 2.25 bits per heavy atom. The number of rotatable bonds is 3. The van der Waals surface area contributed by atoms with Crippen molar-refractivity contribution >= 4 is 15.9 Å². The van der Waals surface area contributed by atoms with Crippen molar-refractivity contribution in [1.29, 1.82) is 0 Å². The van der Waals surface area contributed by atoms with Gasteiger partial charge in [-0.05, 0) is 12.8 Å². The smallest absolute Gasteiger partial charge is 0.410 e. The van der Waals surface area contributed by atoms with Crippen LogP contribution in [0.4, 0.5) is 4.79 Å². The van der Waals surface area contributed by atoms with Gasteiger partial charge in [-0.25, -0.2) is 13.2 Å². The molecule has 1 amide bonds.